The van der Waals surface area contributed by atoms with Gasteiger partial charge < -0.3 is 9.47 Å². The second-order valence-electron chi connectivity index (χ2n) is 5.49. The van der Waals surface area contributed by atoms with Crippen LogP contribution in [0.2, 0.25) is 0 Å². The minimum absolute atomic E-state index is 0.341. The monoisotopic (exact) mass is 340 g/mol. The van der Waals surface area contributed by atoms with Gasteiger partial charge in [-0.15, -0.1) is 0 Å². The van der Waals surface area contributed by atoms with Gasteiger partial charge in [0.2, 0.25) is 0 Å². The van der Waals surface area contributed by atoms with Crippen LogP contribution in [0.25, 0.3) is 0 Å². The Morgan fingerprint density at radius 3 is 2.80 bits per heavy atom. The van der Waals surface area contributed by atoms with Crippen LogP contribution in [0.5, 0.6) is 11.5 Å². The van der Waals surface area contributed by atoms with E-state index >= 15 is 0 Å². The molecule has 0 N–H and O–H groups in total. The molecule has 0 radical (unpaired) electrons. The second kappa shape index (κ2) is 7.92. The van der Waals surface area contributed by atoms with E-state index in [1.165, 1.54) is 37.7 Å². The largest absolute Gasteiger partial charge is 0.490 e. The molecule has 112 valence electrons. The summed E-state index contributed by atoms with van der Waals surface area (Å²) in [5.74, 6) is 2.64. The highest BCUT2D eigenvalue weighted by atomic mass is 79.9. The summed E-state index contributed by atoms with van der Waals surface area (Å²) in [6, 6.07) is 6.14. The maximum Gasteiger partial charge on any atom is 0.165 e. The first-order chi connectivity index (χ1) is 9.78. The van der Waals surface area contributed by atoms with Crippen LogP contribution in [0.4, 0.5) is 0 Å². The molecule has 2 rings (SSSR count). The van der Waals surface area contributed by atoms with Gasteiger partial charge >= 0.3 is 0 Å². The van der Waals surface area contributed by atoms with Crippen LogP contribution >= 0.6 is 15.9 Å². The molecule has 1 aliphatic rings. The Kier molecular flexibility index (Phi) is 6.21. The standard InChI is InChI=1S/C17H25BrO2/c1-3-13-7-5-9-15(11-13)20-17-14(12-18)8-6-10-16(17)19-4-2/h6,8,10,13,15H,3-5,7,9,11-12H2,1-2H3. The zero-order chi connectivity index (χ0) is 14.4. The Labute approximate surface area is 131 Å². The molecule has 1 saturated carbocycles. The fraction of sp³-hybridized carbons (Fsp3) is 0.647. The van der Waals surface area contributed by atoms with Crippen molar-refractivity contribution in [3.05, 3.63) is 23.8 Å². The number of hydrogen-bond donors (Lipinski definition) is 0. The van der Waals surface area contributed by atoms with Gasteiger partial charge in [0.05, 0.1) is 12.7 Å². The molecule has 1 aliphatic carbocycles. The molecule has 2 unspecified atom stereocenters. The van der Waals surface area contributed by atoms with Crippen molar-refractivity contribution in [1.82, 2.24) is 0 Å². The van der Waals surface area contributed by atoms with Gasteiger partial charge in [-0.25, -0.2) is 0 Å². The van der Waals surface area contributed by atoms with Gasteiger partial charge in [0, 0.05) is 10.9 Å². The van der Waals surface area contributed by atoms with Crippen LogP contribution in [0.15, 0.2) is 18.2 Å². The van der Waals surface area contributed by atoms with E-state index in [-0.39, 0.29) is 0 Å². The number of alkyl halides is 1. The first-order valence-electron chi connectivity index (χ1n) is 7.75. The molecule has 1 aromatic carbocycles. The van der Waals surface area contributed by atoms with Gasteiger partial charge in [0.25, 0.3) is 0 Å². The quantitative estimate of drug-likeness (QED) is 0.651. The van der Waals surface area contributed by atoms with Gasteiger partial charge in [0.1, 0.15) is 0 Å². The minimum atomic E-state index is 0.341. The van der Waals surface area contributed by atoms with E-state index in [0.717, 1.165) is 22.7 Å². The molecule has 0 spiro atoms. The number of ether oxygens (including phenoxy) is 2. The molecule has 2 nitrogen and oxygen atoms in total. The van der Waals surface area contributed by atoms with Crippen molar-refractivity contribution in [2.75, 3.05) is 6.61 Å². The average Bonchev–Trinajstić information content (AvgIpc) is 2.49. The van der Waals surface area contributed by atoms with Crippen LogP contribution < -0.4 is 9.47 Å². The second-order valence-corrected chi connectivity index (χ2v) is 6.05. The Hall–Kier alpha value is -0.700. The third-order valence-electron chi connectivity index (χ3n) is 4.10. The molecule has 20 heavy (non-hydrogen) atoms. The zero-order valence-electron chi connectivity index (χ0n) is 12.5. The maximum absolute atomic E-state index is 6.34. The molecule has 1 aromatic rings. The molecule has 0 aromatic heterocycles. The SMILES string of the molecule is CCOc1cccc(CBr)c1OC1CCCC(CC)C1. The summed E-state index contributed by atoms with van der Waals surface area (Å²) in [7, 11) is 0. The van der Waals surface area contributed by atoms with E-state index < -0.39 is 0 Å². The Balaban J connectivity index is 2.14. The van der Waals surface area contributed by atoms with Crippen molar-refractivity contribution in [3.8, 4) is 11.5 Å². The lowest BCUT2D eigenvalue weighted by atomic mass is 9.85. The lowest BCUT2D eigenvalue weighted by Crippen LogP contribution is -2.25. The lowest BCUT2D eigenvalue weighted by molar-refractivity contribution is 0.116. The van der Waals surface area contributed by atoms with Gasteiger partial charge in [-0.2, -0.15) is 0 Å². The predicted molar refractivity (Wildman–Crippen MR) is 86.9 cm³/mol. The molecule has 2 atom stereocenters. The van der Waals surface area contributed by atoms with Gasteiger partial charge in [0.15, 0.2) is 11.5 Å². The van der Waals surface area contributed by atoms with Crippen LogP contribution in [0, 0.1) is 5.92 Å². The number of benzene rings is 1. The maximum atomic E-state index is 6.34. The highest BCUT2D eigenvalue weighted by Gasteiger charge is 2.24. The first kappa shape index (κ1) is 15.7. The molecular formula is C17H25BrO2. The predicted octanol–water partition coefficient (Wildman–Crippen LogP) is 5.33. The van der Waals surface area contributed by atoms with Crippen LogP contribution in [0.1, 0.15) is 51.5 Å². The van der Waals surface area contributed by atoms with Crippen molar-refractivity contribution in [2.45, 2.75) is 57.4 Å². The highest BCUT2D eigenvalue weighted by molar-refractivity contribution is 9.08. The molecule has 0 heterocycles. The summed E-state index contributed by atoms with van der Waals surface area (Å²) in [5, 5.41) is 0.799. The minimum Gasteiger partial charge on any atom is -0.490 e. The Bertz CT molecular complexity index is 419. The summed E-state index contributed by atoms with van der Waals surface area (Å²) < 4.78 is 12.1. The smallest absolute Gasteiger partial charge is 0.165 e. The Morgan fingerprint density at radius 1 is 1.25 bits per heavy atom. The average molecular weight is 341 g/mol. The number of halogens is 1. The summed E-state index contributed by atoms with van der Waals surface area (Å²) in [4.78, 5) is 0. The summed E-state index contributed by atoms with van der Waals surface area (Å²) in [6.07, 6.45) is 6.58. The number of para-hydroxylation sites is 1. The summed E-state index contributed by atoms with van der Waals surface area (Å²) >= 11 is 3.55. The molecule has 3 heteroatoms. The van der Waals surface area contributed by atoms with E-state index in [9.17, 15) is 0 Å². The van der Waals surface area contributed by atoms with E-state index in [0.29, 0.717) is 12.7 Å². The Morgan fingerprint density at radius 2 is 2.10 bits per heavy atom. The third-order valence-corrected chi connectivity index (χ3v) is 4.70. The van der Waals surface area contributed by atoms with E-state index in [2.05, 4.69) is 28.9 Å². The fourth-order valence-electron chi connectivity index (χ4n) is 2.96. The van der Waals surface area contributed by atoms with Crippen molar-refractivity contribution >= 4 is 15.9 Å². The van der Waals surface area contributed by atoms with Gasteiger partial charge in [-0.1, -0.05) is 47.8 Å². The summed E-state index contributed by atoms with van der Waals surface area (Å²) in [5.41, 5.74) is 1.18. The lowest BCUT2D eigenvalue weighted by Gasteiger charge is -2.30. The molecule has 0 aliphatic heterocycles. The fourth-order valence-corrected chi connectivity index (χ4v) is 3.40. The number of rotatable bonds is 6. The zero-order valence-corrected chi connectivity index (χ0v) is 14.1. The van der Waals surface area contributed by atoms with Crippen molar-refractivity contribution in [2.24, 2.45) is 5.92 Å². The van der Waals surface area contributed by atoms with E-state index in [1.54, 1.807) is 0 Å². The van der Waals surface area contributed by atoms with E-state index in [1.807, 2.05) is 19.1 Å². The van der Waals surface area contributed by atoms with Crippen molar-refractivity contribution in [1.29, 1.82) is 0 Å². The molecular weight excluding hydrogens is 316 g/mol. The van der Waals surface area contributed by atoms with E-state index in [4.69, 9.17) is 9.47 Å². The van der Waals surface area contributed by atoms with Gasteiger partial charge in [-0.05, 0) is 38.2 Å². The molecule has 0 bridgehead atoms. The molecule has 0 saturated heterocycles. The molecule has 1 fully saturated rings. The van der Waals surface area contributed by atoms with Crippen molar-refractivity contribution < 1.29 is 9.47 Å². The topological polar surface area (TPSA) is 18.5 Å². The van der Waals surface area contributed by atoms with Crippen molar-refractivity contribution in [3.63, 3.8) is 0 Å². The number of hydrogen-bond acceptors (Lipinski definition) is 2. The third kappa shape index (κ3) is 3.91. The van der Waals surface area contributed by atoms with Crippen LogP contribution in [0.3, 0.4) is 0 Å². The first-order valence-corrected chi connectivity index (χ1v) is 8.87. The summed E-state index contributed by atoms with van der Waals surface area (Å²) in [6.45, 7) is 4.97. The molecule has 0 amide bonds. The van der Waals surface area contributed by atoms with Crippen LogP contribution in [-0.4, -0.2) is 12.7 Å². The van der Waals surface area contributed by atoms with Crippen LogP contribution in [-0.2, 0) is 5.33 Å². The van der Waals surface area contributed by atoms with Gasteiger partial charge in [-0.3, -0.25) is 0 Å². The normalized spacial score (nSPS) is 22.6. The highest BCUT2D eigenvalue weighted by Crippen LogP contribution is 2.37.